The largest absolute Gasteiger partial charge is 0.494 e. The fourth-order valence-corrected chi connectivity index (χ4v) is 5.05. The average Bonchev–Trinajstić information content (AvgIpc) is 3.08. The van der Waals surface area contributed by atoms with E-state index in [2.05, 4.69) is 17.2 Å². The lowest BCUT2D eigenvalue weighted by Crippen LogP contribution is -2.11. The number of thioether (sulfide) groups is 1. The minimum absolute atomic E-state index is 0.0715. The molecule has 5 nitrogen and oxygen atoms in total. The SMILES string of the molecule is COc1cccc2c(C)cc(SCCC(=O)Nc3nc4ccc(Cl)cc4s3)nc12. The highest BCUT2D eigenvalue weighted by Crippen LogP contribution is 2.30. The van der Waals surface area contributed by atoms with Crippen LogP contribution in [0.3, 0.4) is 0 Å². The van der Waals surface area contributed by atoms with E-state index in [0.717, 1.165) is 37.5 Å². The first-order valence-electron chi connectivity index (χ1n) is 8.96. The van der Waals surface area contributed by atoms with Crippen molar-refractivity contribution in [3.8, 4) is 5.75 Å². The Morgan fingerprint density at radius 2 is 2.10 bits per heavy atom. The second-order valence-electron chi connectivity index (χ2n) is 6.41. The molecule has 0 unspecified atom stereocenters. The number of carbonyl (C=O) groups excluding carboxylic acids is 1. The zero-order chi connectivity index (χ0) is 20.4. The molecule has 8 heteroatoms. The van der Waals surface area contributed by atoms with E-state index in [1.807, 2.05) is 36.4 Å². The molecular weight excluding hydrogens is 426 g/mol. The highest BCUT2D eigenvalue weighted by atomic mass is 35.5. The predicted octanol–water partition coefficient (Wildman–Crippen LogP) is 5.94. The maximum absolute atomic E-state index is 12.3. The molecule has 2 aromatic heterocycles. The van der Waals surface area contributed by atoms with Gasteiger partial charge in [-0.3, -0.25) is 4.79 Å². The topological polar surface area (TPSA) is 64.1 Å². The number of amides is 1. The van der Waals surface area contributed by atoms with Gasteiger partial charge in [0.05, 0.1) is 22.4 Å². The third-order valence-electron chi connectivity index (χ3n) is 4.38. The van der Waals surface area contributed by atoms with Gasteiger partial charge in [-0.05, 0) is 42.8 Å². The first kappa shape index (κ1) is 19.9. The zero-order valence-corrected chi connectivity index (χ0v) is 18.2. The number of anilines is 1. The van der Waals surface area contributed by atoms with E-state index in [-0.39, 0.29) is 5.91 Å². The molecule has 1 N–H and O–H groups in total. The number of halogens is 1. The number of aryl methyl sites for hydroxylation is 1. The van der Waals surface area contributed by atoms with Gasteiger partial charge in [-0.25, -0.2) is 9.97 Å². The van der Waals surface area contributed by atoms with Gasteiger partial charge in [-0.15, -0.1) is 11.8 Å². The summed E-state index contributed by atoms with van der Waals surface area (Å²) in [6, 6.07) is 13.4. The van der Waals surface area contributed by atoms with Crippen molar-refractivity contribution in [2.45, 2.75) is 18.4 Å². The van der Waals surface area contributed by atoms with Crippen molar-refractivity contribution < 1.29 is 9.53 Å². The van der Waals surface area contributed by atoms with Gasteiger partial charge < -0.3 is 10.1 Å². The number of carbonyl (C=O) groups is 1. The van der Waals surface area contributed by atoms with Gasteiger partial charge in [0.15, 0.2) is 5.13 Å². The monoisotopic (exact) mass is 443 g/mol. The van der Waals surface area contributed by atoms with Crippen molar-refractivity contribution in [3.05, 3.63) is 53.1 Å². The van der Waals surface area contributed by atoms with Crippen molar-refractivity contribution in [1.29, 1.82) is 0 Å². The molecule has 0 aliphatic rings. The van der Waals surface area contributed by atoms with Crippen LogP contribution in [-0.2, 0) is 4.79 Å². The molecule has 29 heavy (non-hydrogen) atoms. The smallest absolute Gasteiger partial charge is 0.226 e. The van der Waals surface area contributed by atoms with Gasteiger partial charge in [0.1, 0.15) is 11.3 Å². The molecule has 4 aromatic rings. The summed E-state index contributed by atoms with van der Waals surface area (Å²) in [6.45, 7) is 2.06. The Morgan fingerprint density at radius 3 is 2.93 bits per heavy atom. The Balaban J connectivity index is 1.39. The van der Waals surface area contributed by atoms with Crippen LogP contribution in [0.1, 0.15) is 12.0 Å². The molecular formula is C21H18ClN3O2S2. The number of hydrogen-bond donors (Lipinski definition) is 1. The molecule has 2 aromatic carbocycles. The van der Waals surface area contributed by atoms with E-state index in [1.54, 1.807) is 24.9 Å². The zero-order valence-electron chi connectivity index (χ0n) is 15.9. The Bertz CT molecular complexity index is 1210. The maximum Gasteiger partial charge on any atom is 0.226 e. The minimum atomic E-state index is -0.0715. The summed E-state index contributed by atoms with van der Waals surface area (Å²) < 4.78 is 6.38. The lowest BCUT2D eigenvalue weighted by molar-refractivity contribution is -0.115. The van der Waals surface area contributed by atoms with Gasteiger partial charge >= 0.3 is 0 Å². The lowest BCUT2D eigenvalue weighted by atomic mass is 10.1. The fourth-order valence-electron chi connectivity index (χ4n) is 2.98. The molecule has 0 saturated carbocycles. The van der Waals surface area contributed by atoms with Gasteiger partial charge in [0.2, 0.25) is 5.91 Å². The minimum Gasteiger partial charge on any atom is -0.494 e. The van der Waals surface area contributed by atoms with E-state index in [9.17, 15) is 4.79 Å². The van der Waals surface area contributed by atoms with E-state index >= 15 is 0 Å². The van der Waals surface area contributed by atoms with Crippen molar-refractivity contribution >= 4 is 66.9 Å². The van der Waals surface area contributed by atoms with Crippen molar-refractivity contribution in [2.75, 3.05) is 18.2 Å². The van der Waals surface area contributed by atoms with E-state index in [0.29, 0.717) is 22.3 Å². The average molecular weight is 444 g/mol. The van der Waals surface area contributed by atoms with Crippen LogP contribution in [0.2, 0.25) is 5.02 Å². The summed E-state index contributed by atoms with van der Waals surface area (Å²) in [7, 11) is 1.64. The first-order chi connectivity index (χ1) is 14.0. The van der Waals surface area contributed by atoms with E-state index in [4.69, 9.17) is 21.3 Å². The van der Waals surface area contributed by atoms with Crippen LogP contribution in [-0.4, -0.2) is 28.7 Å². The number of rotatable bonds is 6. The fraction of sp³-hybridized carbons (Fsp3) is 0.190. The molecule has 0 saturated heterocycles. The third-order valence-corrected chi connectivity index (χ3v) is 6.46. The van der Waals surface area contributed by atoms with Crippen LogP contribution in [0.4, 0.5) is 5.13 Å². The molecule has 0 aliphatic heterocycles. The van der Waals surface area contributed by atoms with Gasteiger partial charge in [0, 0.05) is 22.6 Å². The third kappa shape index (κ3) is 4.47. The summed E-state index contributed by atoms with van der Waals surface area (Å²) >= 11 is 8.97. The Hall–Kier alpha value is -2.35. The standard InChI is InChI=1S/C21H18ClN3O2S2/c1-12-10-19(25-20-14(12)4-3-5-16(20)27-2)28-9-8-18(26)24-21-23-15-7-6-13(22)11-17(15)29-21/h3-7,10-11H,8-9H2,1-2H3,(H,23,24,26). The van der Waals surface area contributed by atoms with Crippen LogP contribution < -0.4 is 10.1 Å². The first-order valence-corrected chi connectivity index (χ1v) is 11.1. The second-order valence-corrected chi connectivity index (χ2v) is 8.99. The molecule has 4 rings (SSSR count). The van der Waals surface area contributed by atoms with Crippen molar-refractivity contribution in [3.63, 3.8) is 0 Å². The number of nitrogens with zero attached hydrogens (tertiary/aromatic N) is 2. The lowest BCUT2D eigenvalue weighted by Gasteiger charge is -2.09. The quantitative estimate of drug-likeness (QED) is 0.374. The molecule has 148 valence electrons. The Labute approximate surface area is 181 Å². The molecule has 0 aliphatic carbocycles. The number of fused-ring (bicyclic) bond motifs is 2. The molecule has 0 radical (unpaired) electrons. The number of methoxy groups -OCH3 is 1. The molecule has 0 fully saturated rings. The highest BCUT2D eigenvalue weighted by molar-refractivity contribution is 7.99. The summed E-state index contributed by atoms with van der Waals surface area (Å²) in [4.78, 5) is 21.4. The summed E-state index contributed by atoms with van der Waals surface area (Å²) in [5.74, 6) is 1.30. The second kappa shape index (κ2) is 8.57. The van der Waals surface area contributed by atoms with E-state index < -0.39 is 0 Å². The molecule has 0 atom stereocenters. The number of nitrogens with one attached hydrogen (secondary N) is 1. The van der Waals surface area contributed by atoms with Gasteiger partial charge in [-0.2, -0.15) is 0 Å². The van der Waals surface area contributed by atoms with Gasteiger partial charge in [-0.1, -0.05) is 35.1 Å². The Kier molecular flexibility index (Phi) is 5.89. The highest BCUT2D eigenvalue weighted by Gasteiger charge is 2.11. The molecule has 0 spiro atoms. The molecule has 2 heterocycles. The van der Waals surface area contributed by atoms with Crippen LogP contribution in [0.25, 0.3) is 21.1 Å². The van der Waals surface area contributed by atoms with Crippen LogP contribution in [0, 0.1) is 6.92 Å². The normalized spacial score (nSPS) is 11.1. The summed E-state index contributed by atoms with van der Waals surface area (Å²) in [5, 5.41) is 6.06. The maximum atomic E-state index is 12.3. The number of benzene rings is 2. The van der Waals surface area contributed by atoms with Crippen molar-refractivity contribution in [1.82, 2.24) is 9.97 Å². The van der Waals surface area contributed by atoms with E-state index in [1.165, 1.54) is 11.3 Å². The Morgan fingerprint density at radius 1 is 1.24 bits per heavy atom. The number of pyridine rings is 1. The predicted molar refractivity (Wildman–Crippen MR) is 122 cm³/mol. The molecule has 1 amide bonds. The van der Waals surface area contributed by atoms with Crippen LogP contribution >= 0.6 is 34.7 Å². The van der Waals surface area contributed by atoms with Crippen molar-refractivity contribution in [2.24, 2.45) is 0 Å². The molecule has 0 bridgehead atoms. The number of aromatic nitrogens is 2. The summed E-state index contributed by atoms with van der Waals surface area (Å²) in [6.07, 6.45) is 0.367. The van der Waals surface area contributed by atoms with Crippen LogP contribution in [0.5, 0.6) is 5.75 Å². The van der Waals surface area contributed by atoms with Crippen LogP contribution in [0.15, 0.2) is 47.5 Å². The van der Waals surface area contributed by atoms with Gasteiger partial charge in [0.25, 0.3) is 0 Å². The number of para-hydroxylation sites is 1. The number of hydrogen-bond acceptors (Lipinski definition) is 6. The number of thiazole rings is 1. The number of ether oxygens (including phenoxy) is 1. The summed E-state index contributed by atoms with van der Waals surface area (Å²) in [5.41, 5.74) is 2.80.